The lowest BCUT2D eigenvalue weighted by Gasteiger charge is -2.32. The number of imide groups is 1. The zero-order valence-electron chi connectivity index (χ0n) is 16.3. The molecular formula is C21H26Cl2N2O3. The molecule has 5 nitrogen and oxygen atoms in total. The van der Waals surface area contributed by atoms with Crippen molar-refractivity contribution >= 4 is 40.6 Å². The molecule has 0 aromatic heterocycles. The summed E-state index contributed by atoms with van der Waals surface area (Å²) in [7, 11) is 0. The van der Waals surface area contributed by atoms with Crippen molar-refractivity contribution in [3.05, 3.63) is 39.5 Å². The van der Waals surface area contributed by atoms with E-state index < -0.39 is 0 Å². The van der Waals surface area contributed by atoms with Crippen LogP contribution in [0.3, 0.4) is 0 Å². The zero-order chi connectivity index (χ0) is 20.3. The van der Waals surface area contributed by atoms with Gasteiger partial charge in [0.25, 0.3) is 11.8 Å². The molecule has 7 heteroatoms. The Morgan fingerprint density at radius 2 is 1.86 bits per heavy atom. The number of nitrogens with zero attached hydrogens (tertiary/aromatic N) is 2. The van der Waals surface area contributed by atoms with Gasteiger partial charge in [0.1, 0.15) is 5.70 Å². The molecule has 0 aliphatic carbocycles. The van der Waals surface area contributed by atoms with Gasteiger partial charge < -0.3 is 9.64 Å². The number of carbonyl (C=O) groups is 2. The number of rotatable bonds is 7. The second kappa shape index (κ2) is 9.29. The molecular weight excluding hydrogens is 399 g/mol. The SMILES string of the molecule is CCOCCCN1C(=O)C(c2ccc(Cl)cc2Cl)=C(N2CCC(C)CC2)C1=O. The normalized spacial score (nSPS) is 18.6. The van der Waals surface area contributed by atoms with Gasteiger partial charge in [-0.1, -0.05) is 36.2 Å². The average molecular weight is 425 g/mol. The van der Waals surface area contributed by atoms with Crippen molar-refractivity contribution in [2.45, 2.75) is 33.1 Å². The highest BCUT2D eigenvalue weighted by Crippen LogP contribution is 2.37. The molecule has 0 radical (unpaired) electrons. The number of piperidine rings is 1. The Kier molecular flexibility index (Phi) is 7.02. The number of carbonyl (C=O) groups excluding carboxylic acids is 2. The largest absolute Gasteiger partial charge is 0.382 e. The summed E-state index contributed by atoms with van der Waals surface area (Å²) in [6.07, 6.45) is 2.60. The number of hydrogen-bond acceptors (Lipinski definition) is 4. The van der Waals surface area contributed by atoms with Crippen molar-refractivity contribution in [1.29, 1.82) is 0 Å². The van der Waals surface area contributed by atoms with Crippen LogP contribution in [0.2, 0.25) is 10.0 Å². The second-order valence-corrected chi connectivity index (χ2v) is 8.17. The van der Waals surface area contributed by atoms with E-state index in [1.165, 1.54) is 4.90 Å². The Hall–Kier alpha value is -1.56. The molecule has 1 aromatic carbocycles. The molecule has 152 valence electrons. The Labute approximate surface area is 176 Å². The quantitative estimate of drug-likeness (QED) is 0.485. The van der Waals surface area contributed by atoms with E-state index in [1.54, 1.807) is 18.2 Å². The molecule has 0 atom stereocenters. The van der Waals surface area contributed by atoms with E-state index in [1.807, 2.05) is 11.8 Å². The van der Waals surface area contributed by atoms with Crippen LogP contribution in [0.5, 0.6) is 0 Å². The third kappa shape index (κ3) is 4.37. The van der Waals surface area contributed by atoms with Gasteiger partial charge in [-0.3, -0.25) is 14.5 Å². The first-order valence-corrected chi connectivity index (χ1v) is 10.6. The molecule has 0 unspecified atom stereocenters. The van der Waals surface area contributed by atoms with Crippen molar-refractivity contribution < 1.29 is 14.3 Å². The summed E-state index contributed by atoms with van der Waals surface area (Å²) in [6, 6.07) is 5.03. The van der Waals surface area contributed by atoms with Gasteiger partial charge >= 0.3 is 0 Å². The summed E-state index contributed by atoms with van der Waals surface area (Å²) in [6.45, 7) is 7.12. The molecule has 1 fully saturated rings. The van der Waals surface area contributed by atoms with E-state index >= 15 is 0 Å². The predicted octanol–water partition coefficient (Wildman–Crippen LogP) is 4.23. The number of amides is 2. The van der Waals surface area contributed by atoms with Crippen LogP contribution in [-0.2, 0) is 14.3 Å². The maximum atomic E-state index is 13.2. The average Bonchev–Trinajstić information content (AvgIpc) is 2.90. The Morgan fingerprint density at radius 3 is 2.50 bits per heavy atom. The van der Waals surface area contributed by atoms with Crippen LogP contribution in [0.15, 0.2) is 23.9 Å². The van der Waals surface area contributed by atoms with E-state index in [9.17, 15) is 9.59 Å². The standard InChI is InChI=1S/C21H26Cl2N2O3/c1-3-28-12-4-9-25-20(26)18(16-6-5-15(22)13-17(16)23)19(21(25)27)24-10-7-14(2)8-11-24/h5-6,13-14H,3-4,7-12H2,1-2H3. The van der Waals surface area contributed by atoms with Gasteiger partial charge in [-0.05, 0) is 44.2 Å². The monoisotopic (exact) mass is 424 g/mol. The molecule has 2 aliphatic heterocycles. The van der Waals surface area contributed by atoms with Crippen molar-refractivity contribution in [2.75, 3.05) is 32.8 Å². The molecule has 0 bridgehead atoms. The fourth-order valence-corrected chi connectivity index (χ4v) is 4.20. The van der Waals surface area contributed by atoms with Gasteiger partial charge in [-0.15, -0.1) is 0 Å². The zero-order valence-corrected chi connectivity index (χ0v) is 17.9. The smallest absolute Gasteiger partial charge is 0.277 e. The van der Waals surface area contributed by atoms with Crippen molar-refractivity contribution in [3.8, 4) is 0 Å². The summed E-state index contributed by atoms with van der Waals surface area (Å²) in [5.41, 5.74) is 1.42. The fraction of sp³-hybridized carbons (Fsp3) is 0.524. The molecule has 3 rings (SSSR count). The first kappa shape index (κ1) is 21.2. The van der Waals surface area contributed by atoms with E-state index in [-0.39, 0.29) is 11.8 Å². The Morgan fingerprint density at radius 1 is 1.14 bits per heavy atom. The van der Waals surface area contributed by atoms with Gasteiger partial charge in [-0.2, -0.15) is 0 Å². The van der Waals surface area contributed by atoms with Crippen LogP contribution in [0.4, 0.5) is 0 Å². The first-order chi connectivity index (χ1) is 13.4. The van der Waals surface area contributed by atoms with E-state index in [0.717, 1.165) is 25.9 Å². The maximum absolute atomic E-state index is 13.2. The Balaban J connectivity index is 1.95. The van der Waals surface area contributed by atoms with E-state index in [4.69, 9.17) is 27.9 Å². The van der Waals surface area contributed by atoms with Crippen LogP contribution in [0.25, 0.3) is 5.57 Å². The molecule has 1 saturated heterocycles. The van der Waals surface area contributed by atoms with Crippen LogP contribution in [-0.4, -0.2) is 54.5 Å². The highest BCUT2D eigenvalue weighted by Gasteiger charge is 2.42. The Bertz CT molecular complexity index is 786. The maximum Gasteiger partial charge on any atom is 0.277 e. The summed E-state index contributed by atoms with van der Waals surface area (Å²) >= 11 is 12.4. The summed E-state index contributed by atoms with van der Waals surface area (Å²) in [5, 5.41) is 0.871. The minimum atomic E-state index is -0.292. The topological polar surface area (TPSA) is 49.9 Å². The van der Waals surface area contributed by atoms with Crippen molar-refractivity contribution in [1.82, 2.24) is 9.80 Å². The van der Waals surface area contributed by atoms with E-state index in [2.05, 4.69) is 6.92 Å². The minimum Gasteiger partial charge on any atom is -0.382 e. The lowest BCUT2D eigenvalue weighted by molar-refractivity contribution is -0.137. The number of hydrogen-bond donors (Lipinski definition) is 0. The summed E-state index contributed by atoms with van der Waals surface area (Å²) < 4.78 is 5.35. The van der Waals surface area contributed by atoms with Gasteiger partial charge in [0.05, 0.1) is 10.6 Å². The second-order valence-electron chi connectivity index (χ2n) is 7.33. The van der Waals surface area contributed by atoms with Crippen LogP contribution in [0, 0.1) is 5.92 Å². The molecule has 0 N–H and O–H groups in total. The van der Waals surface area contributed by atoms with E-state index in [0.29, 0.717) is 59.0 Å². The van der Waals surface area contributed by atoms with Gasteiger partial charge in [0, 0.05) is 43.4 Å². The van der Waals surface area contributed by atoms with Gasteiger partial charge in [0.15, 0.2) is 0 Å². The highest BCUT2D eigenvalue weighted by atomic mass is 35.5. The van der Waals surface area contributed by atoms with Crippen molar-refractivity contribution in [2.24, 2.45) is 5.92 Å². The fourth-order valence-electron chi connectivity index (χ4n) is 3.70. The highest BCUT2D eigenvalue weighted by molar-refractivity contribution is 6.41. The lowest BCUT2D eigenvalue weighted by Crippen LogP contribution is -2.39. The molecule has 2 amide bonds. The lowest BCUT2D eigenvalue weighted by atomic mass is 9.97. The molecule has 0 saturated carbocycles. The van der Waals surface area contributed by atoms with Crippen LogP contribution >= 0.6 is 23.2 Å². The van der Waals surface area contributed by atoms with Gasteiger partial charge in [0.2, 0.25) is 0 Å². The summed E-state index contributed by atoms with van der Waals surface area (Å²) in [4.78, 5) is 29.8. The van der Waals surface area contributed by atoms with Gasteiger partial charge in [-0.25, -0.2) is 0 Å². The number of benzene rings is 1. The molecule has 1 aromatic rings. The number of likely N-dealkylation sites (tertiary alicyclic amines) is 1. The number of halogens is 2. The third-order valence-electron chi connectivity index (χ3n) is 5.32. The van der Waals surface area contributed by atoms with Crippen LogP contribution < -0.4 is 0 Å². The molecule has 0 spiro atoms. The summed E-state index contributed by atoms with van der Waals surface area (Å²) in [5.74, 6) is 0.0883. The number of ether oxygens (including phenoxy) is 1. The first-order valence-electron chi connectivity index (χ1n) is 9.82. The molecule has 28 heavy (non-hydrogen) atoms. The molecule has 2 heterocycles. The predicted molar refractivity (Wildman–Crippen MR) is 111 cm³/mol. The molecule has 2 aliphatic rings. The third-order valence-corrected chi connectivity index (χ3v) is 5.87. The minimum absolute atomic E-state index is 0.239. The van der Waals surface area contributed by atoms with Crippen LogP contribution in [0.1, 0.15) is 38.7 Å². The van der Waals surface area contributed by atoms with Crippen molar-refractivity contribution in [3.63, 3.8) is 0 Å².